The van der Waals surface area contributed by atoms with Gasteiger partial charge in [-0.25, -0.2) is 0 Å². The van der Waals surface area contributed by atoms with E-state index in [0.717, 1.165) is 12.8 Å². The standard InChI is InChI=1S/C6H8.2C6H5.Pt/c3*1-2-4-6-5-3-1;/h1-2,5-6H,3-4H2;2*1-5H;. The first-order valence-electron chi connectivity index (χ1n) is 6.44. The van der Waals surface area contributed by atoms with E-state index < -0.39 is 0 Å². The Morgan fingerprint density at radius 2 is 0.895 bits per heavy atom. The SMILES string of the molecule is C1=CCC=CC1.c1cc[c]([Pt][c]2ccccc2)cc1. The minimum absolute atomic E-state index is 0.0186. The summed E-state index contributed by atoms with van der Waals surface area (Å²) in [6, 6.07) is 21.4. The van der Waals surface area contributed by atoms with E-state index in [4.69, 9.17) is 0 Å². The van der Waals surface area contributed by atoms with Crippen LogP contribution in [0.2, 0.25) is 0 Å². The fourth-order valence-electron chi connectivity index (χ4n) is 1.56. The summed E-state index contributed by atoms with van der Waals surface area (Å²) in [5.74, 6) is 0. The van der Waals surface area contributed by atoms with Gasteiger partial charge in [0.1, 0.15) is 0 Å². The predicted octanol–water partition coefficient (Wildman–Crippen LogP) is 3.61. The van der Waals surface area contributed by atoms with Gasteiger partial charge in [0, 0.05) is 0 Å². The molecule has 0 radical (unpaired) electrons. The van der Waals surface area contributed by atoms with Crippen LogP contribution in [-0.2, 0) is 18.6 Å². The molecule has 1 heteroatoms. The molecule has 0 bridgehead atoms. The molecule has 0 unspecified atom stereocenters. The molecular formula is C18H18Pt. The third kappa shape index (κ3) is 5.85. The third-order valence-electron chi connectivity index (χ3n) is 2.49. The van der Waals surface area contributed by atoms with E-state index in [1.807, 2.05) is 0 Å². The van der Waals surface area contributed by atoms with Crippen LogP contribution >= 0.6 is 0 Å². The number of hydrogen-bond acceptors (Lipinski definition) is 0. The predicted molar refractivity (Wildman–Crippen MR) is 79.7 cm³/mol. The van der Waals surface area contributed by atoms with Crippen LogP contribution in [-0.4, -0.2) is 0 Å². The average molecular weight is 429 g/mol. The van der Waals surface area contributed by atoms with E-state index in [-0.39, 0.29) is 18.6 Å². The van der Waals surface area contributed by atoms with Crippen molar-refractivity contribution in [3.8, 4) is 0 Å². The van der Waals surface area contributed by atoms with E-state index in [2.05, 4.69) is 85.0 Å². The van der Waals surface area contributed by atoms with Crippen molar-refractivity contribution < 1.29 is 18.6 Å². The molecule has 2 aromatic rings. The molecule has 19 heavy (non-hydrogen) atoms. The van der Waals surface area contributed by atoms with E-state index in [0.29, 0.717) is 0 Å². The maximum absolute atomic E-state index is 2.21. The average Bonchev–Trinajstić information content (AvgIpc) is 2.52. The molecule has 3 rings (SSSR count). The van der Waals surface area contributed by atoms with Gasteiger partial charge in [-0.1, -0.05) is 24.3 Å². The normalized spacial score (nSPS) is 12.8. The topological polar surface area (TPSA) is 0 Å². The van der Waals surface area contributed by atoms with Crippen molar-refractivity contribution in [2.24, 2.45) is 0 Å². The van der Waals surface area contributed by atoms with Crippen LogP contribution in [0.4, 0.5) is 0 Å². The summed E-state index contributed by atoms with van der Waals surface area (Å²) in [6.45, 7) is 0. The van der Waals surface area contributed by atoms with Gasteiger partial charge in [0.15, 0.2) is 0 Å². The van der Waals surface area contributed by atoms with Crippen LogP contribution in [0.3, 0.4) is 0 Å². The molecule has 1 aliphatic rings. The molecule has 0 N–H and O–H groups in total. The maximum atomic E-state index is 2.21. The van der Waals surface area contributed by atoms with Crippen molar-refractivity contribution in [2.45, 2.75) is 12.8 Å². The van der Waals surface area contributed by atoms with Crippen LogP contribution in [0.5, 0.6) is 0 Å². The number of benzene rings is 2. The first-order valence-corrected chi connectivity index (χ1v) is 8.71. The molecule has 0 amide bonds. The van der Waals surface area contributed by atoms with Crippen molar-refractivity contribution in [3.05, 3.63) is 85.0 Å². The zero-order chi connectivity index (χ0) is 13.2. The zero-order valence-corrected chi connectivity index (χ0v) is 13.1. The van der Waals surface area contributed by atoms with E-state index in [1.54, 1.807) is 0 Å². The van der Waals surface area contributed by atoms with Crippen molar-refractivity contribution in [2.75, 3.05) is 0 Å². The van der Waals surface area contributed by atoms with Crippen molar-refractivity contribution in [1.82, 2.24) is 0 Å². The van der Waals surface area contributed by atoms with Crippen LogP contribution in [0.15, 0.2) is 85.0 Å². The molecule has 0 heterocycles. The van der Waals surface area contributed by atoms with E-state index >= 15 is 0 Å². The quantitative estimate of drug-likeness (QED) is 0.640. The second-order valence-corrected chi connectivity index (χ2v) is 7.20. The first kappa shape index (κ1) is 14.0. The number of rotatable bonds is 2. The fraction of sp³-hybridized carbons (Fsp3) is 0.111. The van der Waals surface area contributed by atoms with Crippen molar-refractivity contribution in [3.63, 3.8) is 0 Å². The molecule has 0 spiro atoms. The molecule has 2 aromatic carbocycles. The van der Waals surface area contributed by atoms with Gasteiger partial charge in [-0.05, 0) is 12.8 Å². The summed E-state index contributed by atoms with van der Waals surface area (Å²) in [6.07, 6.45) is 11.0. The van der Waals surface area contributed by atoms with Crippen molar-refractivity contribution in [1.29, 1.82) is 0 Å². The minimum atomic E-state index is 0.0186. The number of allylic oxidation sites excluding steroid dienone is 4. The van der Waals surface area contributed by atoms with Crippen LogP contribution in [0.25, 0.3) is 0 Å². The molecule has 0 aromatic heterocycles. The Morgan fingerprint density at radius 3 is 1.21 bits per heavy atom. The summed E-state index contributed by atoms with van der Waals surface area (Å²) in [5.41, 5.74) is 0. The Balaban J connectivity index is 0.000000186. The molecule has 100 valence electrons. The molecule has 0 nitrogen and oxygen atoms in total. The van der Waals surface area contributed by atoms with E-state index in [1.165, 1.54) is 7.91 Å². The molecule has 0 saturated heterocycles. The van der Waals surface area contributed by atoms with Gasteiger partial charge in [-0.2, -0.15) is 0 Å². The Labute approximate surface area is 124 Å². The molecule has 0 atom stereocenters. The van der Waals surface area contributed by atoms with Crippen LogP contribution in [0.1, 0.15) is 12.8 Å². The Bertz CT molecular complexity index is 454. The van der Waals surface area contributed by atoms with Gasteiger partial charge in [0.2, 0.25) is 0 Å². The van der Waals surface area contributed by atoms with Gasteiger partial charge in [-0.15, -0.1) is 0 Å². The van der Waals surface area contributed by atoms with Crippen LogP contribution < -0.4 is 7.91 Å². The Kier molecular flexibility index (Phi) is 6.40. The Hall–Kier alpha value is -1.39. The van der Waals surface area contributed by atoms with Gasteiger partial charge < -0.3 is 0 Å². The van der Waals surface area contributed by atoms with Crippen molar-refractivity contribution >= 4 is 7.91 Å². The molecule has 0 saturated carbocycles. The summed E-state index contributed by atoms with van der Waals surface area (Å²) in [7, 11) is 0. The zero-order valence-electron chi connectivity index (χ0n) is 10.8. The fourth-order valence-corrected chi connectivity index (χ4v) is 3.95. The molecule has 1 aliphatic carbocycles. The second-order valence-electron chi connectivity index (χ2n) is 4.01. The third-order valence-corrected chi connectivity index (χ3v) is 5.31. The first-order chi connectivity index (χ1) is 9.45. The number of hydrogen-bond donors (Lipinski definition) is 0. The van der Waals surface area contributed by atoms with Gasteiger partial charge in [0.25, 0.3) is 0 Å². The summed E-state index contributed by atoms with van der Waals surface area (Å²) >= 11 is 0.0186. The van der Waals surface area contributed by atoms with Gasteiger partial charge in [-0.3, -0.25) is 0 Å². The monoisotopic (exact) mass is 429 g/mol. The van der Waals surface area contributed by atoms with Crippen LogP contribution in [0, 0.1) is 0 Å². The summed E-state index contributed by atoms with van der Waals surface area (Å²) in [4.78, 5) is 0. The summed E-state index contributed by atoms with van der Waals surface area (Å²) in [5, 5.41) is 0. The van der Waals surface area contributed by atoms with Gasteiger partial charge >= 0.3 is 87.1 Å². The molecule has 0 aliphatic heterocycles. The molecular weight excluding hydrogens is 411 g/mol. The van der Waals surface area contributed by atoms with Gasteiger partial charge in [0.05, 0.1) is 0 Å². The molecule has 0 fully saturated rings. The second kappa shape index (κ2) is 8.67. The van der Waals surface area contributed by atoms with E-state index in [9.17, 15) is 0 Å². The Morgan fingerprint density at radius 1 is 0.526 bits per heavy atom. The summed E-state index contributed by atoms with van der Waals surface area (Å²) < 4.78 is 2.96.